The van der Waals surface area contributed by atoms with Gasteiger partial charge in [-0.15, -0.1) is 12.4 Å². The molecule has 1 aliphatic heterocycles. The van der Waals surface area contributed by atoms with Crippen LogP contribution in [0, 0.1) is 10.1 Å². The number of nitro benzene ring substituents is 1. The first-order valence-corrected chi connectivity index (χ1v) is 6.81. The minimum Gasteiger partial charge on any atom is -0.338 e. The molecule has 0 aromatic heterocycles. The van der Waals surface area contributed by atoms with Gasteiger partial charge in [-0.1, -0.05) is 11.6 Å². The number of amides is 1. The third-order valence-electron chi connectivity index (χ3n) is 3.58. The Balaban J connectivity index is 0.00000220. The molecule has 1 aromatic rings. The first kappa shape index (κ1) is 17.7. The summed E-state index contributed by atoms with van der Waals surface area (Å²) in [6.07, 6.45) is 1.79. The Hall–Kier alpha value is -1.37. The highest BCUT2D eigenvalue weighted by Gasteiger charge is 2.24. The molecule has 0 saturated carbocycles. The van der Waals surface area contributed by atoms with Crippen LogP contribution in [0.2, 0.25) is 5.02 Å². The van der Waals surface area contributed by atoms with E-state index in [1.54, 1.807) is 4.90 Å². The summed E-state index contributed by atoms with van der Waals surface area (Å²) in [5.41, 5.74) is 0.209. The van der Waals surface area contributed by atoms with Gasteiger partial charge in [-0.3, -0.25) is 14.9 Å². The molecule has 0 aliphatic carbocycles. The quantitative estimate of drug-likeness (QED) is 0.681. The molecule has 0 spiro atoms. The Morgan fingerprint density at radius 3 is 2.52 bits per heavy atom. The predicted molar refractivity (Wildman–Crippen MR) is 83.3 cm³/mol. The number of nitrogens with zero attached hydrogens (tertiary/aromatic N) is 2. The molecule has 21 heavy (non-hydrogen) atoms. The summed E-state index contributed by atoms with van der Waals surface area (Å²) in [5.74, 6) is -0.167. The Morgan fingerprint density at radius 2 is 2.05 bits per heavy atom. The highest BCUT2D eigenvalue weighted by molar-refractivity contribution is 6.34. The second kappa shape index (κ2) is 7.59. The number of carbonyl (C=O) groups is 1. The van der Waals surface area contributed by atoms with Gasteiger partial charge in [-0.25, -0.2) is 0 Å². The average molecular weight is 334 g/mol. The van der Waals surface area contributed by atoms with Gasteiger partial charge in [0.25, 0.3) is 11.6 Å². The molecule has 2 rings (SSSR count). The molecule has 0 bridgehead atoms. The molecule has 0 atom stereocenters. The fourth-order valence-corrected chi connectivity index (χ4v) is 2.59. The van der Waals surface area contributed by atoms with Crippen molar-refractivity contribution in [1.29, 1.82) is 0 Å². The van der Waals surface area contributed by atoms with Gasteiger partial charge in [-0.2, -0.15) is 0 Å². The summed E-state index contributed by atoms with van der Waals surface area (Å²) in [5, 5.41) is 14.0. The van der Waals surface area contributed by atoms with Crippen molar-refractivity contribution in [3.05, 3.63) is 38.9 Å². The number of nitro groups is 1. The van der Waals surface area contributed by atoms with Crippen LogP contribution in [0.1, 0.15) is 23.2 Å². The number of likely N-dealkylation sites (tertiary alicyclic amines) is 1. The molecular weight excluding hydrogens is 317 g/mol. The Morgan fingerprint density at radius 1 is 1.43 bits per heavy atom. The van der Waals surface area contributed by atoms with E-state index in [2.05, 4.69) is 5.32 Å². The van der Waals surface area contributed by atoms with Crippen LogP contribution >= 0.6 is 24.0 Å². The second-order valence-electron chi connectivity index (χ2n) is 4.78. The summed E-state index contributed by atoms with van der Waals surface area (Å²) in [6.45, 7) is 1.33. The maximum Gasteiger partial charge on any atom is 0.270 e. The molecule has 6 nitrogen and oxygen atoms in total. The molecule has 116 valence electrons. The minimum atomic E-state index is -0.529. The number of hydrogen-bond donors (Lipinski definition) is 1. The van der Waals surface area contributed by atoms with Crippen LogP contribution in [-0.2, 0) is 0 Å². The lowest BCUT2D eigenvalue weighted by Crippen LogP contribution is -2.44. The largest absolute Gasteiger partial charge is 0.338 e. The van der Waals surface area contributed by atoms with Crippen molar-refractivity contribution in [2.75, 3.05) is 20.1 Å². The smallest absolute Gasteiger partial charge is 0.270 e. The van der Waals surface area contributed by atoms with E-state index in [0.29, 0.717) is 24.7 Å². The zero-order valence-electron chi connectivity index (χ0n) is 11.5. The SMILES string of the molecule is CNC1CCN(C(=O)c2ccc([N+](=O)[O-])cc2Cl)CC1.Cl. The van der Waals surface area contributed by atoms with Gasteiger partial charge >= 0.3 is 0 Å². The molecule has 0 radical (unpaired) electrons. The first-order valence-electron chi connectivity index (χ1n) is 6.43. The molecule has 1 saturated heterocycles. The number of benzene rings is 1. The van der Waals surface area contributed by atoms with Gasteiger partial charge in [-0.05, 0) is 26.0 Å². The van der Waals surface area contributed by atoms with Crippen LogP contribution in [0.15, 0.2) is 18.2 Å². The van der Waals surface area contributed by atoms with Crippen LogP contribution in [-0.4, -0.2) is 41.9 Å². The lowest BCUT2D eigenvalue weighted by atomic mass is 10.0. The molecular formula is C13H17Cl2N3O3. The van der Waals surface area contributed by atoms with E-state index >= 15 is 0 Å². The van der Waals surface area contributed by atoms with Gasteiger partial charge in [0.1, 0.15) is 0 Å². The highest BCUT2D eigenvalue weighted by atomic mass is 35.5. The van der Waals surface area contributed by atoms with Crippen molar-refractivity contribution >= 4 is 35.6 Å². The van der Waals surface area contributed by atoms with E-state index in [0.717, 1.165) is 12.8 Å². The fourth-order valence-electron chi connectivity index (χ4n) is 2.33. The van der Waals surface area contributed by atoms with Crippen LogP contribution in [0.3, 0.4) is 0 Å². The lowest BCUT2D eigenvalue weighted by Gasteiger charge is -2.32. The maximum absolute atomic E-state index is 12.3. The van der Waals surface area contributed by atoms with Crippen LogP contribution in [0.5, 0.6) is 0 Å². The Kier molecular flexibility index (Phi) is 6.39. The van der Waals surface area contributed by atoms with Gasteiger partial charge in [0, 0.05) is 31.3 Å². The average Bonchev–Trinajstić information content (AvgIpc) is 2.46. The normalized spacial score (nSPS) is 15.4. The van der Waals surface area contributed by atoms with Gasteiger partial charge in [0.05, 0.1) is 15.5 Å². The molecule has 1 aliphatic rings. The van der Waals surface area contributed by atoms with Crippen molar-refractivity contribution in [1.82, 2.24) is 10.2 Å². The van der Waals surface area contributed by atoms with Crippen molar-refractivity contribution in [2.45, 2.75) is 18.9 Å². The fraction of sp³-hybridized carbons (Fsp3) is 0.462. The number of hydrogen-bond acceptors (Lipinski definition) is 4. The third-order valence-corrected chi connectivity index (χ3v) is 3.90. The van der Waals surface area contributed by atoms with Crippen LogP contribution in [0.4, 0.5) is 5.69 Å². The van der Waals surface area contributed by atoms with Crippen molar-refractivity contribution in [2.24, 2.45) is 0 Å². The molecule has 1 heterocycles. The van der Waals surface area contributed by atoms with Gasteiger partial charge < -0.3 is 10.2 Å². The second-order valence-corrected chi connectivity index (χ2v) is 5.18. The van der Waals surface area contributed by atoms with Gasteiger partial charge in [0.2, 0.25) is 0 Å². The summed E-state index contributed by atoms with van der Waals surface area (Å²) in [7, 11) is 1.91. The summed E-state index contributed by atoms with van der Waals surface area (Å²) < 4.78 is 0. The first-order chi connectivity index (χ1) is 9.52. The molecule has 1 fully saturated rings. The van der Waals surface area contributed by atoms with Crippen molar-refractivity contribution in [3.8, 4) is 0 Å². The van der Waals surface area contributed by atoms with E-state index in [4.69, 9.17) is 11.6 Å². The van der Waals surface area contributed by atoms with Crippen LogP contribution < -0.4 is 5.32 Å². The maximum atomic E-state index is 12.3. The van der Waals surface area contributed by atoms with E-state index in [-0.39, 0.29) is 29.0 Å². The zero-order valence-corrected chi connectivity index (χ0v) is 13.1. The molecule has 1 amide bonds. The van der Waals surface area contributed by atoms with Crippen molar-refractivity contribution < 1.29 is 9.72 Å². The topological polar surface area (TPSA) is 75.5 Å². The minimum absolute atomic E-state index is 0. The molecule has 1 aromatic carbocycles. The summed E-state index contributed by atoms with van der Waals surface area (Å²) in [4.78, 5) is 24.2. The number of halogens is 2. The number of carbonyl (C=O) groups excluding carboxylic acids is 1. The molecule has 0 unspecified atom stereocenters. The molecule has 8 heteroatoms. The van der Waals surface area contributed by atoms with E-state index in [1.807, 2.05) is 7.05 Å². The van der Waals surface area contributed by atoms with Gasteiger partial charge in [0.15, 0.2) is 0 Å². The van der Waals surface area contributed by atoms with Crippen LogP contribution in [0.25, 0.3) is 0 Å². The zero-order chi connectivity index (χ0) is 14.7. The Labute approximate surface area is 134 Å². The lowest BCUT2D eigenvalue weighted by molar-refractivity contribution is -0.384. The van der Waals surface area contributed by atoms with E-state index in [1.165, 1.54) is 18.2 Å². The van der Waals surface area contributed by atoms with E-state index in [9.17, 15) is 14.9 Å². The number of nitrogens with one attached hydrogen (secondary N) is 1. The standard InChI is InChI=1S/C13H16ClN3O3.ClH/c1-15-9-4-6-16(7-5-9)13(18)11-3-2-10(17(19)20)8-12(11)14;/h2-3,8-9,15H,4-7H2,1H3;1H. The number of rotatable bonds is 3. The summed E-state index contributed by atoms with van der Waals surface area (Å²) in [6, 6.07) is 4.38. The number of non-ortho nitro benzene ring substituents is 1. The monoisotopic (exact) mass is 333 g/mol. The Bertz CT molecular complexity index is 531. The highest BCUT2D eigenvalue weighted by Crippen LogP contribution is 2.24. The van der Waals surface area contributed by atoms with Crippen molar-refractivity contribution in [3.63, 3.8) is 0 Å². The van der Waals surface area contributed by atoms with E-state index < -0.39 is 4.92 Å². The molecule has 1 N–H and O–H groups in total. The predicted octanol–water partition coefficient (Wildman–Crippen LogP) is 2.49. The number of piperidine rings is 1. The third kappa shape index (κ3) is 4.06. The summed E-state index contributed by atoms with van der Waals surface area (Å²) >= 11 is 5.98.